The molecule has 0 aliphatic heterocycles. The maximum atomic E-state index is 11.1. The summed E-state index contributed by atoms with van der Waals surface area (Å²) in [6.45, 7) is 7.50. The number of likely N-dealkylation sites (N-methyl/N-ethyl adjacent to an activating group) is 1. The lowest BCUT2D eigenvalue weighted by atomic mass is 10.2. The first-order chi connectivity index (χ1) is 5.63. The molecule has 3 heteroatoms. The molecular formula is C9H20N2O. The van der Waals surface area contributed by atoms with Crippen LogP contribution in [0.2, 0.25) is 0 Å². The Kier molecular flexibility index (Phi) is 5.72. The Morgan fingerprint density at radius 2 is 2.17 bits per heavy atom. The number of carbonyl (C=O) groups excluding carboxylic acids is 1. The monoisotopic (exact) mass is 172 g/mol. The summed E-state index contributed by atoms with van der Waals surface area (Å²) in [5.41, 5.74) is 0. The van der Waals surface area contributed by atoms with Crippen LogP contribution in [0, 0.1) is 0 Å². The van der Waals surface area contributed by atoms with Crippen molar-refractivity contribution in [2.45, 2.75) is 33.2 Å². The van der Waals surface area contributed by atoms with E-state index in [0.29, 0.717) is 6.04 Å². The predicted molar refractivity (Wildman–Crippen MR) is 51.1 cm³/mol. The molecule has 0 aromatic carbocycles. The highest BCUT2D eigenvalue weighted by atomic mass is 16.2. The summed E-state index contributed by atoms with van der Waals surface area (Å²) in [4.78, 5) is 13.0. The lowest BCUT2D eigenvalue weighted by molar-refractivity contribution is -0.130. The summed E-state index contributed by atoms with van der Waals surface area (Å²) in [5, 5.41) is 3.07. The van der Waals surface area contributed by atoms with Crippen molar-refractivity contribution in [1.82, 2.24) is 10.2 Å². The van der Waals surface area contributed by atoms with Gasteiger partial charge < -0.3 is 10.2 Å². The molecule has 3 nitrogen and oxygen atoms in total. The van der Waals surface area contributed by atoms with Crippen LogP contribution in [0.25, 0.3) is 0 Å². The first-order valence-electron chi connectivity index (χ1n) is 4.55. The van der Waals surface area contributed by atoms with E-state index < -0.39 is 0 Å². The Bertz CT molecular complexity index is 136. The fourth-order valence-corrected chi connectivity index (χ4v) is 1.33. The molecule has 0 aromatic rings. The van der Waals surface area contributed by atoms with E-state index in [2.05, 4.69) is 19.2 Å². The van der Waals surface area contributed by atoms with E-state index >= 15 is 0 Å². The SMILES string of the molecule is CCCN(C(C)=O)C(C)CNC. The van der Waals surface area contributed by atoms with Crippen LogP contribution < -0.4 is 5.32 Å². The molecule has 1 amide bonds. The first kappa shape index (κ1) is 11.4. The molecule has 1 unspecified atom stereocenters. The van der Waals surface area contributed by atoms with Gasteiger partial charge in [-0.2, -0.15) is 0 Å². The maximum Gasteiger partial charge on any atom is 0.219 e. The summed E-state index contributed by atoms with van der Waals surface area (Å²) in [7, 11) is 1.90. The van der Waals surface area contributed by atoms with Gasteiger partial charge in [-0.15, -0.1) is 0 Å². The minimum atomic E-state index is 0.166. The Morgan fingerprint density at radius 3 is 2.50 bits per heavy atom. The van der Waals surface area contributed by atoms with Gasteiger partial charge in [-0.05, 0) is 20.4 Å². The van der Waals surface area contributed by atoms with Crippen molar-refractivity contribution in [2.24, 2.45) is 0 Å². The van der Waals surface area contributed by atoms with Crippen molar-refractivity contribution < 1.29 is 4.79 Å². The number of amides is 1. The van der Waals surface area contributed by atoms with Crippen LogP contribution in [0.15, 0.2) is 0 Å². The fourth-order valence-electron chi connectivity index (χ4n) is 1.33. The average molecular weight is 172 g/mol. The number of nitrogens with zero attached hydrogens (tertiary/aromatic N) is 1. The van der Waals surface area contributed by atoms with Crippen LogP contribution >= 0.6 is 0 Å². The molecular weight excluding hydrogens is 152 g/mol. The van der Waals surface area contributed by atoms with Crippen LogP contribution in [0.5, 0.6) is 0 Å². The third kappa shape index (κ3) is 3.72. The third-order valence-electron chi connectivity index (χ3n) is 1.90. The van der Waals surface area contributed by atoms with Gasteiger partial charge in [-0.25, -0.2) is 0 Å². The number of rotatable bonds is 5. The molecule has 0 aliphatic rings. The first-order valence-corrected chi connectivity index (χ1v) is 4.55. The number of hydrogen-bond donors (Lipinski definition) is 1. The second-order valence-corrected chi connectivity index (χ2v) is 3.12. The zero-order valence-electron chi connectivity index (χ0n) is 8.55. The zero-order chi connectivity index (χ0) is 9.56. The molecule has 0 bridgehead atoms. The minimum absolute atomic E-state index is 0.166. The summed E-state index contributed by atoms with van der Waals surface area (Å²) < 4.78 is 0. The van der Waals surface area contributed by atoms with Crippen molar-refractivity contribution in [3.05, 3.63) is 0 Å². The number of hydrogen-bond acceptors (Lipinski definition) is 2. The van der Waals surface area contributed by atoms with E-state index in [-0.39, 0.29) is 5.91 Å². The zero-order valence-corrected chi connectivity index (χ0v) is 8.55. The number of carbonyl (C=O) groups is 1. The highest BCUT2D eigenvalue weighted by Crippen LogP contribution is 1.99. The molecule has 0 rings (SSSR count). The fraction of sp³-hybridized carbons (Fsp3) is 0.889. The quantitative estimate of drug-likeness (QED) is 0.667. The maximum absolute atomic E-state index is 11.1. The predicted octanol–water partition coefficient (Wildman–Crippen LogP) is 0.853. The molecule has 0 saturated carbocycles. The van der Waals surface area contributed by atoms with E-state index in [0.717, 1.165) is 19.5 Å². The lowest BCUT2D eigenvalue weighted by Crippen LogP contribution is -2.42. The molecule has 1 N–H and O–H groups in total. The molecule has 0 spiro atoms. The number of nitrogens with one attached hydrogen (secondary N) is 1. The van der Waals surface area contributed by atoms with Crippen molar-refractivity contribution >= 4 is 5.91 Å². The summed E-state index contributed by atoms with van der Waals surface area (Å²) in [5.74, 6) is 0.166. The summed E-state index contributed by atoms with van der Waals surface area (Å²) in [6, 6.07) is 0.299. The molecule has 0 saturated heterocycles. The van der Waals surface area contributed by atoms with Crippen LogP contribution in [0.1, 0.15) is 27.2 Å². The smallest absolute Gasteiger partial charge is 0.219 e. The second-order valence-electron chi connectivity index (χ2n) is 3.12. The van der Waals surface area contributed by atoms with E-state index in [1.807, 2.05) is 11.9 Å². The Balaban J connectivity index is 3.99. The van der Waals surface area contributed by atoms with Crippen LogP contribution in [0.4, 0.5) is 0 Å². The van der Waals surface area contributed by atoms with E-state index in [1.165, 1.54) is 0 Å². The van der Waals surface area contributed by atoms with Gasteiger partial charge in [0.1, 0.15) is 0 Å². The van der Waals surface area contributed by atoms with Crippen LogP contribution in [-0.2, 0) is 4.79 Å². The lowest BCUT2D eigenvalue weighted by Gasteiger charge is -2.27. The Morgan fingerprint density at radius 1 is 1.58 bits per heavy atom. The van der Waals surface area contributed by atoms with E-state index in [9.17, 15) is 4.79 Å². The van der Waals surface area contributed by atoms with Gasteiger partial charge in [0.15, 0.2) is 0 Å². The summed E-state index contributed by atoms with van der Waals surface area (Å²) in [6.07, 6.45) is 1.02. The average Bonchev–Trinajstić information content (AvgIpc) is 1.99. The van der Waals surface area contributed by atoms with Gasteiger partial charge in [0, 0.05) is 26.1 Å². The van der Waals surface area contributed by atoms with Gasteiger partial charge in [0.05, 0.1) is 0 Å². The largest absolute Gasteiger partial charge is 0.339 e. The Labute approximate surface area is 75.1 Å². The van der Waals surface area contributed by atoms with Gasteiger partial charge in [-0.3, -0.25) is 4.79 Å². The van der Waals surface area contributed by atoms with Crippen molar-refractivity contribution in [3.8, 4) is 0 Å². The molecule has 0 fully saturated rings. The van der Waals surface area contributed by atoms with E-state index in [1.54, 1.807) is 6.92 Å². The topological polar surface area (TPSA) is 32.3 Å². The molecule has 0 aliphatic carbocycles. The van der Waals surface area contributed by atoms with Gasteiger partial charge in [0.25, 0.3) is 0 Å². The third-order valence-corrected chi connectivity index (χ3v) is 1.90. The van der Waals surface area contributed by atoms with Crippen molar-refractivity contribution in [1.29, 1.82) is 0 Å². The van der Waals surface area contributed by atoms with E-state index in [4.69, 9.17) is 0 Å². The van der Waals surface area contributed by atoms with Gasteiger partial charge >= 0.3 is 0 Å². The molecule has 0 aromatic heterocycles. The van der Waals surface area contributed by atoms with Gasteiger partial charge in [-0.1, -0.05) is 6.92 Å². The molecule has 0 heterocycles. The van der Waals surface area contributed by atoms with Gasteiger partial charge in [0.2, 0.25) is 5.91 Å². The van der Waals surface area contributed by atoms with Crippen molar-refractivity contribution in [3.63, 3.8) is 0 Å². The van der Waals surface area contributed by atoms with Crippen LogP contribution in [-0.4, -0.2) is 37.0 Å². The summed E-state index contributed by atoms with van der Waals surface area (Å²) >= 11 is 0. The highest BCUT2D eigenvalue weighted by molar-refractivity contribution is 5.73. The second kappa shape index (κ2) is 6.00. The normalized spacial score (nSPS) is 12.7. The standard InChI is InChI=1S/C9H20N2O/c1-5-6-11(9(3)12)8(2)7-10-4/h8,10H,5-7H2,1-4H3. The molecule has 72 valence electrons. The molecule has 12 heavy (non-hydrogen) atoms. The molecule has 0 radical (unpaired) electrons. The molecule has 1 atom stereocenters. The van der Waals surface area contributed by atoms with Crippen LogP contribution in [0.3, 0.4) is 0 Å². The minimum Gasteiger partial charge on any atom is -0.339 e. The highest BCUT2D eigenvalue weighted by Gasteiger charge is 2.13. The Hall–Kier alpha value is -0.570. The van der Waals surface area contributed by atoms with Crippen molar-refractivity contribution in [2.75, 3.05) is 20.1 Å².